The van der Waals surface area contributed by atoms with Gasteiger partial charge in [-0.1, -0.05) is 230 Å². The number of carbonyl (C=O) groups is 2. The fourth-order valence-electron chi connectivity index (χ4n) is 7.21. The summed E-state index contributed by atoms with van der Waals surface area (Å²) in [5, 5.41) is 3.00. The number of quaternary nitrogens is 1. The van der Waals surface area contributed by atoms with Crippen molar-refractivity contribution >= 4 is 19.7 Å². The molecule has 2 N–H and O–H groups in total. The highest BCUT2D eigenvalue weighted by molar-refractivity contribution is 7.47. The summed E-state index contributed by atoms with van der Waals surface area (Å²) in [5.41, 5.74) is 0. The Balaban J connectivity index is 5.48. The lowest BCUT2D eigenvalue weighted by molar-refractivity contribution is -0.870. The fourth-order valence-corrected chi connectivity index (χ4v) is 7.94. The lowest BCUT2D eigenvalue weighted by Crippen LogP contribution is -2.47. The molecule has 0 aliphatic heterocycles. The van der Waals surface area contributed by atoms with Crippen molar-refractivity contribution in [1.82, 2.24) is 5.32 Å². The summed E-state index contributed by atoms with van der Waals surface area (Å²) >= 11 is 0. The monoisotopic (exact) mass is 1060 g/mol. The minimum absolute atomic E-state index is 0.0136. The van der Waals surface area contributed by atoms with E-state index in [4.69, 9.17) is 13.8 Å². The minimum Gasteiger partial charge on any atom is -0.456 e. The van der Waals surface area contributed by atoms with Gasteiger partial charge < -0.3 is 19.4 Å². The van der Waals surface area contributed by atoms with Crippen LogP contribution in [0.3, 0.4) is 0 Å². The van der Waals surface area contributed by atoms with Gasteiger partial charge in [0, 0.05) is 12.8 Å². The molecule has 0 aliphatic carbocycles. The Bertz CT molecular complexity index is 1840. The summed E-state index contributed by atoms with van der Waals surface area (Å²) in [4.78, 5) is 37.6. The number of esters is 1. The topological polar surface area (TPSA) is 111 Å². The third kappa shape index (κ3) is 54.2. The van der Waals surface area contributed by atoms with Crippen LogP contribution in [0, 0.1) is 0 Å². The van der Waals surface area contributed by atoms with Crippen LogP contribution < -0.4 is 5.32 Å². The van der Waals surface area contributed by atoms with Crippen LogP contribution >= 0.6 is 7.82 Å². The van der Waals surface area contributed by atoms with Crippen LogP contribution in [-0.4, -0.2) is 74.3 Å². The molecule has 0 aromatic heterocycles. The van der Waals surface area contributed by atoms with Gasteiger partial charge in [0.05, 0.1) is 33.8 Å². The SMILES string of the molecule is CC\C=C/C=C/C=C/C=C\C=C\C=C\CCCCCC(=O)OC(/C=C\CCCCCCCCCCC)C(COP(=O)(O)OCC[N+](C)(C)C)NC(=O)CCCC/C=C\C/C=C\C/C=C\C/C=C\C/C=C\C/C=C\CC. The number of ether oxygens (including phenoxy) is 1. The van der Waals surface area contributed by atoms with E-state index in [-0.39, 0.29) is 37.9 Å². The lowest BCUT2D eigenvalue weighted by Gasteiger charge is -2.27. The van der Waals surface area contributed by atoms with E-state index in [1.807, 2.05) is 94.1 Å². The number of hydrogen-bond acceptors (Lipinski definition) is 6. The van der Waals surface area contributed by atoms with Crippen LogP contribution in [0.2, 0.25) is 0 Å². The van der Waals surface area contributed by atoms with Crippen LogP contribution in [0.1, 0.15) is 188 Å². The van der Waals surface area contributed by atoms with Crippen molar-refractivity contribution in [2.24, 2.45) is 0 Å². The van der Waals surface area contributed by atoms with Gasteiger partial charge in [0.25, 0.3) is 0 Å². The average molecular weight is 1060 g/mol. The molecule has 0 bridgehead atoms. The Morgan fingerprint density at radius 2 is 0.920 bits per heavy atom. The fraction of sp³-hybridized carbons (Fsp3) is 0.569. The summed E-state index contributed by atoms with van der Waals surface area (Å²) in [7, 11) is 1.41. The molecular weight excluding hydrogens is 952 g/mol. The van der Waals surface area contributed by atoms with E-state index in [2.05, 4.69) is 111 Å². The number of allylic oxidation sites excluding steroid dienone is 25. The predicted molar refractivity (Wildman–Crippen MR) is 322 cm³/mol. The van der Waals surface area contributed by atoms with E-state index in [1.165, 1.54) is 44.9 Å². The van der Waals surface area contributed by atoms with Crippen molar-refractivity contribution in [3.63, 3.8) is 0 Å². The Morgan fingerprint density at radius 1 is 0.493 bits per heavy atom. The molecule has 0 saturated carbocycles. The van der Waals surface area contributed by atoms with Gasteiger partial charge in [0.15, 0.2) is 0 Å². The third-order valence-corrected chi connectivity index (χ3v) is 12.6. The number of nitrogens with one attached hydrogen (secondary N) is 1. The molecule has 0 fully saturated rings. The summed E-state index contributed by atoms with van der Waals surface area (Å²) in [6.07, 6.45) is 78.2. The van der Waals surface area contributed by atoms with Gasteiger partial charge in [0.2, 0.25) is 5.91 Å². The van der Waals surface area contributed by atoms with Gasteiger partial charge in [-0.3, -0.25) is 18.6 Å². The zero-order chi connectivity index (χ0) is 55.0. The number of amides is 1. The van der Waals surface area contributed by atoms with Gasteiger partial charge in [-0.15, -0.1) is 0 Å². The molecule has 0 heterocycles. The Kier molecular flexibility index (Phi) is 50.0. The zero-order valence-corrected chi connectivity index (χ0v) is 48.9. The van der Waals surface area contributed by atoms with Gasteiger partial charge >= 0.3 is 13.8 Å². The van der Waals surface area contributed by atoms with Gasteiger partial charge in [-0.2, -0.15) is 0 Å². The number of nitrogens with zero attached hydrogens (tertiary/aromatic N) is 1. The van der Waals surface area contributed by atoms with Crippen molar-refractivity contribution in [3.8, 4) is 0 Å². The van der Waals surface area contributed by atoms with Gasteiger partial charge in [-0.25, -0.2) is 4.57 Å². The summed E-state index contributed by atoms with van der Waals surface area (Å²) < 4.78 is 30.5. The zero-order valence-electron chi connectivity index (χ0n) is 48.0. The quantitative estimate of drug-likeness (QED) is 0.0156. The number of carbonyl (C=O) groups excluding carboxylic acids is 2. The maximum absolute atomic E-state index is 13.5. The van der Waals surface area contributed by atoms with E-state index < -0.39 is 20.0 Å². The normalized spacial score (nSPS) is 14.9. The Hall–Kier alpha value is -4.37. The van der Waals surface area contributed by atoms with Crippen molar-refractivity contribution in [1.29, 1.82) is 0 Å². The number of phosphoric acid groups is 1. The van der Waals surface area contributed by atoms with E-state index in [0.29, 0.717) is 23.9 Å². The smallest absolute Gasteiger partial charge is 0.456 e. The highest BCUT2D eigenvalue weighted by Gasteiger charge is 2.30. The summed E-state index contributed by atoms with van der Waals surface area (Å²) in [6.45, 7) is 6.64. The number of hydrogen-bond donors (Lipinski definition) is 2. The maximum Gasteiger partial charge on any atom is 0.472 e. The molecule has 0 spiro atoms. The first kappa shape index (κ1) is 70.6. The maximum atomic E-state index is 13.5. The molecule has 0 aromatic rings. The van der Waals surface area contributed by atoms with E-state index in [0.717, 1.165) is 96.3 Å². The predicted octanol–water partition coefficient (Wildman–Crippen LogP) is 17.7. The molecule has 0 aromatic carbocycles. The van der Waals surface area contributed by atoms with Crippen molar-refractivity contribution in [2.75, 3.05) is 40.9 Å². The van der Waals surface area contributed by atoms with E-state index >= 15 is 0 Å². The molecule has 422 valence electrons. The Labute approximate surface area is 459 Å². The molecule has 0 radical (unpaired) electrons. The summed E-state index contributed by atoms with van der Waals surface area (Å²) in [5.74, 6) is -0.625. The molecule has 10 heteroatoms. The molecular formula is C65H106N2O7P+. The first-order valence-electron chi connectivity index (χ1n) is 28.9. The minimum atomic E-state index is -4.48. The Morgan fingerprint density at radius 3 is 1.45 bits per heavy atom. The molecule has 9 nitrogen and oxygen atoms in total. The standard InChI is InChI=1S/C65H105N2O7P/c1-7-10-13-16-19-22-25-27-29-31-32-33-34-36-37-39-42-45-48-51-54-57-64(68)66-62(61-73-75(70,71)72-60-59-67(4,5)6)63(56-53-50-47-44-41-24-21-18-15-12-9-3)74-65(69)58-55-52-49-46-43-40-38-35-30-28-26-23-20-17-14-11-8-2/h10-11,13-14,17,19-20,22-23,26-30,32-33,35-38,40,42-43,45,53,56,62-63H,7-9,12,15-16,18,21,24-25,31,34,39,41,44,46-52,54-55,57-61H2,1-6H3,(H-,66,68,70,71)/p+1/b13-10-,14-11-,20-17+,22-19-,26-23+,29-27-,30-28-,33-32-,37-36-,38-35+,43-40+,45-42-,56-53-. The van der Waals surface area contributed by atoms with E-state index in [1.54, 1.807) is 0 Å². The van der Waals surface area contributed by atoms with Crippen LogP contribution in [0.5, 0.6) is 0 Å². The molecule has 0 saturated heterocycles. The summed E-state index contributed by atoms with van der Waals surface area (Å²) in [6, 6.07) is -0.902. The second kappa shape index (κ2) is 53.0. The number of likely N-dealkylation sites (N-methyl/N-ethyl adjacent to an activating group) is 1. The van der Waals surface area contributed by atoms with Crippen LogP contribution in [0.4, 0.5) is 0 Å². The first-order chi connectivity index (χ1) is 36.4. The highest BCUT2D eigenvalue weighted by atomic mass is 31.2. The lowest BCUT2D eigenvalue weighted by atomic mass is 10.1. The number of rotatable bonds is 49. The second-order valence-electron chi connectivity index (χ2n) is 19.8. The first-order valence-corrected chi connectivity index (χ1v) is 30.4. The third-order valence-electron chi connectivity index (χ3n) is 11.6. The molecule has 0 rings (SSSR count). The van der Waals surface area contributed by atoms with Crippen LogP contribution in [0.15, 0.2) is 158 Å². The van der Waals surface area contributed by atoms with Crippen molar-refractivity contribution < 1.29 is 37.3 Å². The number of unbranched alkanes of at least 4 members (excludes halogenated alkanes) is 14. The number of phosphoric ester groups is 1. The highest BCUT2D eigenvalue weighted by Crippen LogP contribution is 2.43. The van der Waals surface area contributed by atoms with Gasteiger partial charge in [-0.05, 0) is 102 Å². The van der Waals surface area contributed by atoms with Crippen LogP contribution in [0.25, 0.3) is 0 Å². The molecule has 1 amide bonds. The molecule has 3 atom stereocenters. The van der Waals surface area contributed by atoms with Gasteiger partial charge in [0.1, 0.15) is 19.3 Å². The molecule has 75 heavy (non-hydrogen) atoms. The van der Waals surface area contributed by atoms with Crippen LogP contribution in [-0.2, 0) is 27.9 Å². The largest absolute Gasteiger partial charge is 0.472 e. The van der Waals surface area contributed by atoms with E-state index in [9.17, 15) is 19.0 Å². The van der Waals surface area contributed by atoms with Crippen molar-refractivity contribution in [3.05, 3.63) is 158 Å². The molecule has 0 aliphatic rings. The van der Waals surface area contributed by atoms with Crippen molar-refractivity contribution in [2.45, 2.75) is 200 Å². The average Bonchev–Trinajstić information content (AvgIpc) is 3.37. The molecule has 3 unspecified atom stereocenters. The second-order valence-corrected chi connectivity index (χ2v) is 21.3.